The van der Waals surface area contributed by atoms with Crippen LogP contribution in [0.3, 0.4) is 0 Å². The lowest BCUT2D eigenvalue weighted by Gasteiger charge is -2.36. The number of nitrogens with one attached hydrogen (secondary N) is 2. The molecule has 0 radical (unpaired) electrons. The molecule has 1 aliphatic heterocycles. The molecular weight excluding hydrogens is 475 g/mol. The number of amides is 3. The van der Waals surface area contributed by atoms with Gasteiger partial charge in [-0.05, 0) is 55.9 Å². The van der Waals surface area contributed by atoms with Gasteiger partial charge in [0, 0.05) is 51.6 Å². The van der Waals surface area contributed by atoms with Gasteiger partial charge in [-0.3, -0.25) is 9.69 Å². The van der Waals surface area contributed by atoms with Crippen LogP contribution in [0.1, 0.15) is 37.0 Å². The number of methoxy groups -OCH3 is 1. The number of fused-ring (bicyclic) bond motifs is 1. The van der Waals surface area contributed by atoms with E-state index in [9.17, 15) is 14.0 Å². The number of likely N-dealkylation sites (N-methyl/N-ethyl adjacent to an activating group) is 1. The first-order valence-electron chi connectivity index (χ1n) is 12.9. The lowest BCUT2D eigenvalue weighted by molar-refractivity contribution is 0.00994. The summed E-state index contributed by atoms with van der Waals surface area (Å²) in [6, 6.07) is 10.4. The molecular formula is C28H37FN4O4. The smallest absolute Gasteiger partial charge is 0.323 e. The van der Waals surface area contributed by atoms with Crippen molar-refractivity contribution in [2.75, 3.05) is 51.0 Å². The fourth-order valence-corrected chi connectivity index (χ4v) is 4.66. The molecule has 8 nitrogen and oxygen atoms in total. The van der Waals surface area contributed by atoms with Crippen LogP contribution in [0.25, 0.3) is 0 Å². The molecule has 2 aliphatic rings. The van der Waals surface area contributed by atoms with E-state index in [0.29, 0.717) is 30.2 Å². The number of carbonyl (C=O) groups is 2. The molecule has 9 heteroatoms. The third-order valence-electron chi connectivity index (χ3n) is 7.15. The van der Waals surface area contributed by atoms with Gasteiger partial charge < -0.3 is 25.0 Å². The zero-order valence-electron chi connectivity index (χ0n) is 22.0. The molecule has 0 saturated heterocycles. The highest BCUT2D eigenvalue weighted by molar-refractivity contribution is 6.01. The van der Waals surface area contributed by atoms with Crippen LogP contribution in [-0.2, 0) is 4.74 Å². The maximum Gasteiger partial charge on any atom is 0.323 e. The zero-order chi connectivity index (χ0) is 26.5. The molecule has 1 saturated carbocycles. The lowest BCUT2D eigenvalue weighted by Crippen LogP contribution is -2.47. The summed E-state index contributed by atoms with van der Waals surface area (Å²) in [5, 5.41) is 5.21. The Labute approximate surface area is 218 Å². The first-order valence-corrected chi connectivity index (χ1v) is 12.9. The Morgan fingerprint density at radius 3 is 2.59 bits per heavy atom. The summed E-state index contributed by atoms with van der Waals surface area (Å²) < 4.78 is 25.9. The summed E-state index contributed by atoms with van der Waals surface area (Å²) in [7, 11) is 3.45. The van der Waals surface area contributed by atoms with Crippen LogP contribution in [0.5, 0.6) is 5.75 Å². The van der Waals surface area contributed by atoms with Crippen molar-refractivity contribution in [3.8, 4) is 5.75 Å². The van der Waals surface area contributed by atoms with Crippen LogP contribution in [0, 0.1) is 17.7 Å². The van der Waals surface area contributed by atoms with Gasteiger partial charge in [0.25, 0.3) is 5.91 Å². The largest absolute Gasteiger partial charge is 0.491 e. The average molecular weight is 513 g/mol. The van der Waals surface area contributed by atoms with Gasteiger partial charge in [0.05, 0.1) is 17.4 Å². The molecule has 2 N–H and O–H groups in total. The highest BCUT2D eigenvalue weighted by Crippen LogP contribution is 2.32. The summed E-state index contributed by atoms with van der Waals surface area (Å²) in [4.78, 5) is 30.0. The molecule has 0 spiro atoms. The van der Waals surface area contributed by atoms with Crippen molar-refractivity contribution in [2.45, 2.75) is 38.8 Å². The average Bonchev–Trinajstić information content (AvgIpc) is 3.70. The van der Waals surface area contributed by atoms with Crippen LogP contribution in [0.4, 0.5) is 20.6 Å². The van der Waals surface area contributed by atoms with E-state index < -0.39 is 11.8 Å². The van der Waals surface area contributed by atoms with E-state index >= 15 is 0 Å². The number of urea groups is 1. The van der Waals surface area contributed by atoms with Crippen molar-refractivity contribution in [3.05, 3.63) is 53.8 Å². The Kier molecular flexibility index (Phi) is 8.66. The highest BCUT2D eigenvalue weighted by Gasteiger charge is 2.31. The Morgan fingerprint density at radius 2 is 1.89 bits per heavy atom. The summed E-state index contributed by atoms with van der Waals surface area (Å²) >= 11 is 0. The van der Waals surface area contributed by atoms with Crippen molar-refractivity contribution in [3.63, 3.8) is 0 Å². The minimum atomic E-state index is -0.595. The number of nitrogens with zero attached hydrogens (tertiary/aromatic N) is 2. The Balaban J connectivity index is 1.56. The molecule has 3 amide bonds. The maximum absolute atomic E-state index is 13.9. The number of benzene rings is 2. The molecule has 0 bridgehead atoms. The third kappa shape index (κ3) is 6.99. The molecule has 0 aromatic heterocycles. The van der Waals surface area contributed by atoms with Gasteiger partial charge in [-0.15, -0.1) is 0 Å². The van der Waals surface area contributed by atoms with Crippen LogP contribution >= 0.6 is 0 Å². The van der Waals surface area contributed by atoms with Crippen LogP contribution in [-0.4, -0.2) is 74.3 Å². The van der Waals surface area contributed by atoms with Gasteiger partial charge in [0.2, 0.25) is 0 Å². The normalized spacial score (nSPS) is 23.3. The second-order valence-electron chi connectivity index (χ2n) is 10.3. The number of anilines is 2. The van der Waals surface area contributed by atoms with Crippen molar-refractivity contribution < 1.29 is 23.5 Å². The van der Waals surface area contributed by atoms with Gasteiger partial charge in [0.1, 0.15) is 18.2 Å². The number of ether oxygens (including phenoxy) is 2. The predicted octanol–water partition coefficient (Wildman–Crippen LogP) is 4.69. The van der Waals surface area contributed by atoms with Crippen molar-refractivity contribution in [1.29, 1.82) is 0 Å². The molecule has 0 unspecified atom stereocenters. The molecule has 1 aliphatic carbocycles. The van der Waals surface area contributed by atoms with E-state index in [2.05, 4.69) is 29.4 Å². The lowest BCUT2D eigenvalue weighted by atomic mass is 10.0. The fourth-order valence-electron chi connectivity index (χ4n) is 4.66. The zero-order valence-corrected chi connectivity index (χ0v) is 22.0. The van der Waals surface area contributed by atoms with Crippen LogP contribution < -0.4 is 15.4 Å². The van der Waals surface area contributed by atoms with E-state index in [1.54, 1.807) is 49.4 Å². The summed E-state index contributed by atoms with van der Waals surface area (Å²) in [6.07, 6.45) is 2.42. The first kappa shape index (κ1) is 26.9. The number of carbonyl (C=O) groups excluding carboxylic acids is 2. The van der Waals surface area contributed by atoms with Crippen molar-refractivity contribution in [1.82, 2.24) is 9.80 Å². The number of hydrogen-bond acceptors (Lipinski definition) is 5. The van der Waals surface area contributed by atoms with Gasteiger partial charge >= 0.3 is 6.03 Å². The van der Waals surface area contributed by atoms with Crippen LogP contribution in [0.15, 0.2) is 42.5 Å². The van der Waals surface area contributed by atoms with E-state index in [1.807, 2.05) is 0 Å². The number of hydrogen-bond donors (Lipinski definition) is 2. The van der Waals surface area contributed by atoms with Crippen LogP contribution in [0.2, 0.25) is 0 Å². The topological polar surface area (TPSA) is 83.1 Å². The summed E-state index contributed by atoms with van der Waals surface area (Å²) in [5.41, 5.74) is 0.915. The molecule has 1 fully saturated rings. The maximum atomic E-state index is 13.9. The highest BCUT2D eigenvalue weighted by atomic mass is 19.1. The van der Waals surface area contributed by atoms with Crippen molar-refractivity contribution in [2.24, 2.45) is 11.8 Å². The SMILES string of the molecule is CO[C@H]1CN(C)C(=O)c2ccc(NC(=O)Nc3ccccc3F)cc2OC[C@@H](C)N(CC2CC2)C[C@H]1C. The van der Waals surface area contributed by atoms with Gasteiger partial charge in [-0.25, -0.2) is 9.18 Å². The van der Waals surface area contributed by atoms with E-state index in [1.165, 1.54) is 25.0 Å². The Bertz CT molecular complexity index is 1110. The van der Waals surface area contributed by atoms with E-state index in [4.69, 9.17) is 9.47 Å². The molecule has 2 aromatic rings. The molecule has 200 valence electrons. The predicted molar refractivity (Wildman–Crippen MR) is 142 cm³/mol. The minimum Gasteiger partial charge on any atom is -0.491 e. The Hall–Kier alpha value is -3.17. The number of rotatable bonds is 5. The van der Waals surface area contributed by atoms with Gasteiger partial charge in [0.15, 0.2) is 0 Å². The quantitative estimate of drug-likeness (QED) is 0.608. The fraction of sp³-hybridized carbons (Fsp3) is 0.500. The van der Waals surface area contributed by atoms with Gasteiger partial charge in [-0.1, -0.05) is 19.1 Å². The van der Waals surface area contributed by atoms with Crippen molar-refractivity contribution >= 4 is 23.3 Å². The molecule has 2 aromatic carbocycles. The number of halogens is 1. The van der Waals surface area contributed by atoms with E-state index in [-0.39, 0.29) is 29.7 Å². The minimum absolute atomic E-state index is 0.0749. The first-order chi connectivity index (χ1) is 17.7. The molecule has 4 rings (SSSR count). The molecule has 3 atom stereocenters. The summed E-state index contributed by atoms with van der Waals surface area (Å²) in [5.74, 6) is 0.639. The standard InChI is InChI=1S/C28H37FN4O4/c1-18-14-33(15-20-9-10-20)19(2)17-37-25-13-21(30-28(35)31-24-8-6-5-7-23(24)29)11-12-22(25)27(34)32(3)16-26(18)36-4/h5-8,11-13,18-20,26H,9-10,14-17H2,1-4H3,(H2,30,31,35)/t18-,19-,26+/m1/s1. The molecule has 37 heavy (non-hydrogen) atoms. The molecule has 1 heterocycles. The Morgan fingerprint density at radius 1 is 1.14 bits per heavy atom. The van der Waals surface area contributed by atoms with Gasteiger partial charge in [-0.2, -0.15) is 0 Å². The number of para-hydroxylation sites is 1. The third-order valence-corrected chi connectivity index (χ3v) is 7.15. The second kappa shape index (κ2) is 11.9. The monoisotopic (exact) mass is 512 g/mol. The summed E-state index contributed by atoms with van der Waals surface area (Å²) in [6.45, 7) is 7.03. The second-order valence-corrected chi connectivity index (χ2v) is 10.3. The van der Waals surface area contributed by atoms with E-state index in [0.717, 1.165) is 19.0 Å².